The van der Waals surface area contributed by atoms with Crippen molar-refractivity contribution >= 4 is 5.91 Å². The van der Waals surface area contributed by atoms with Gasteiger partial charge in [-0.2, -0.15) is 0 Å². The number of carbonyl (C=O) groups excluding carboxylic acids is 1. The van der Waals surface area contributed by atoms with Gasteiger partial charge in [-0.3, -0.25) is 4.79 Å². The van der Waals surface area contributed by atoms with Gasteiger partial charge in [0.1, 0.15) is 18.0 Å². The maximum Gasteiger partial charge on any atom is 0.217 e. The third-order valence-corrected chi connectivity index (χ3v) is 5.37. The molecular formula is C25H32F2N6O2. The van der Waals surface area contributed by atoms with Gasteiger partial charge in [0.2, 0.25) is 5.91 Å². The van der Waals surface area contributed by atoms with E-state index in [1.54, 1.807) is 4.68 Å². The lowest BCUT2D eigenvalue weighted by molar-refractivity contribution is -0.120. The largest absolute Gasteiger partial charge is 0.390 e. The highest BCUT2D eigenvalue weighted by atomic mass is 19.1. The molecule has 3 rings (SSSR count). The summed E-state index contributed by atoms with van der Waals surface area (Å²) in [6.45, 7) is 8.39. The van der Waals surface area contributed by atoms with Crippen molar-refractivity contribution in [2.45, 2.75) is 59.2 Å². The van der Waals surface area contributed by atoms with Crippen molar-refractivity contribution in [3.8, 4) is 5.69 Å². The topological polar surface area (TPSA) is 105 Å². The van der Waals surface area contributed by atoms with E-state index in [1.807, 2.05) is 12.1 Å². The van der Waals surface area contributed by atoms with E-state index in [2.05, 4.69) is 53.0 Å². The number of nitrogens with one attached hydrogen (secondary N) is 2. The number of aliphatic hydroxyl groups excluding tert-OH is 1. The first-order valence-corrected chi connectivity index (χ1v) is 11.5. The second-order valence-corrected chi connectivity index (χ2v) is 9.94. The minimum absolute atomic E-state index is 0.0774. The average Bonchev–Trinajstić information content (AvgIpc) is 3.26. The van der Waals surface area contributed by atoms with Gasteiger partial charge in [-0.15, -0.1) is 5.10 Å². The van der Waals surface area contributed by atoms with Gasteiger partial charge in [0.05, 0.1) is 17.8 Å². The first-order chi connectivity index (χ1) is 16.5. The summed E-state index contributed by atoms with van der Waals surface area (Å²) in [6, 6.07) is 8.53. The number of aromatic nitrogens is 4. The summed E-state index contributed by atoms with van der Waals surface area (Å²) in [4.78, 5) is 11.7. The summed E-state index contributed by atoms with van der Waals surface area (Å²) in [6.07, 6.45) is 1.48. The lowest BCUT2D eigenvalue weighted by Crippen LogP contribution is -2.48. The highest BCUT2D eigenvalue weighted by molar-refractivity contribution is 5.73. The number of carbonyl (C=O) groups is 1. The van der Waals surface area contributed by atoms with Gasteiger partial charge in [0.15, 0.2) is 0 Å². The lowest BCUT2D eigenvalue weighted by atomic mass is 9.87. The molecule has 2 atom stereocenters. The molecule has 0 fully saturated rings. The Balaban J connectivity index is 1.72. The minimum Gasteiger partial charge on any atom is -0.390 e. The monoisotopic (exact) mass is 486 g/mol. The second kappa shape index (κ2) is 11.5. The molecule has 1 aromatic heterocycles. The van der Waals surface area contributed by atoms with Crippen molar-refractivity contribution in [3.05, 3.63) is 71.1 Å². The fourth-order valence-corrected chi connectivity index (χ4v) is 4.02. The van der Waals surface area contributed by atoms with E-state index in [4.69, 9.17) is 0 Å². The van der Waals surface area contributed by atoms with E-state index in [0.717, 1.165) is 29.3 Å². The number of rotatable bonds is 10. The molecule has 0 aliphatic rings. The molecule has 0 aliphatic heterocycles. The van der Waals surface area contributed by atoms with Crippen molar-refractivity contribution < 1.29 is 18.7 Å². The number of benzene rings is 2. The zero-order valence-electron chi connectivity index (χ0n) is 20.4. The van der Waals surface area contributed by atoms with Crippen LogP contribution in [0.4, 0.5) is 8.78 Å². The van der Waals surface area contributed by atoms with Crippen molar-refractivity contribution in [3.63, 3.8) is 0 Å². The van der Waals surface area contributed by atoms with E-state index in [-0.39, 0.29) is 24.3 Å². The standard InChI is InChI=1S/C25H32F2N6O2/c1-16(34)30-22(10-18-8-20(26)11-21(27)9-18)24(35)14-28-13-19-7-17(12-25(2,3)4)5-6-23(19)33-15-29-31-32-33/h5-9,11,15,22,24,28,35H,10,12-14H2,1-4H3,(H,30,34)/t22-,24+/m0/s1. The van der Waals surface area contributed by atoms with Crippen LogP contribution in [-0.2, 0) is 24.2 Å². The molecule has 1 amide bonds. The predicted octanol–water partition coefficient (Wildman–Crippen LogP) is 2.73. The van der Waals surface area contributed by atoms with Gasteiger partial charge in [-0.05, 0) is 63.6 Å². The molecule has 3 aromatic rings. The molecule has 0 saturated heterocycles. The van der Waals surface area contributed by atoms with E-state index >= 15 is 0 Å². The number of nitrogens with zero attached hydrogens (tertiary/aromatic N) is 4. The van der Waals surface area contributed by atoms with Crippen LogP contribution < -0.4 is 10.6 Å². The SMILES string of the molecule is CC(=O)N[C@@H](Cc1cc(F)cc(F)c1)[C@H](O)CNCc1cc(CC(C)(C)C)ccc1-n1cnnn1. The van der Waals surface area contributed by atoms with Crippen LogP contribution in [0.3, 0.4) is 0 Å². The first kappa shape index (κ1) is 26.4. The molecule has 0 spiro atoms. The molecule has 0 unspecified atom stereocenters. The number of amides is 1. The Labute approximate surface area is 203 Å². The van der Waals surface area contributed by atoms with Crippen molar-refractivity contribution in [1.29, 1.82) is 0 Å². The van der Waals surface area contributed by atoms with Crippen LogP contribution in [0.25, 0.3) is 5.69 Å². The number of halogens is 2. The van der Waals surface area contributed by atoms with Crippen LogP contribution >= 0.6 is 0 Å². The fraction of sp³-hybridized carbons (Fsp3) is 0.440. The van der Waals surface area contributed by atoms with E-state index in [0.29, 0.717) is 12.1 Å². The zero-order chi connectivity index (χ0) is 25.6. The van der Waals surface area contributed by atoms with Crippen LogP contribution in [0.5, 0.6) is 0 Å². The third-order valence-electron chi connectivity index (χ3n) is 5.37. The number of hydrogen-bond acceptors (Lipinski definition) is 6. The normalized spacial score (nSPS) is 13.5. The molecule has 1 heterocycles. The smallest absolute Gasteiger partial charge is 0.217 e. The minimum atomic E-state index is -1.00. The van der Waals surface area contributed by atoms with Gasteiger partial charge >= 0.3 is 0 Å². The maximum absolute atomic E-state index is 13.6. The summed E-state index contributed by atoms with van der Waals surface area (Å²) in [7, 11) is 0. The van der Waals surface area contributed by atoms with Crippen LogP contribution in [0.15, 0.2) is 42.7 Å². The molecule has 188 valence electrons. The lowest BCUT2D eigenvalue weighted by Gasteiger charge is -2.25. The predicted molar refractivity (Wildman–Crippen MR) is 128 cm³/mol. The van der Waals surface area contributed by atoms with E-state index in [1.165, 1.54) is 25.4 Å². The second-order valence-electron chi connectivity index (χ2n) is 9.94. The van der Waals surface area contributed by atoms with Crippen LogP contribution in [0.1, 0.15) is 44.4 Å². The van der Waals surface area contributed by atoms with Gasteiger partial charge in [-0.25, -0.2) is 13.5 Å². The zero-order valence-corrected chi connectivity index (χ0v) is 20.4. The Morgan fingerprint density at radius 3 is 2.43 bits per heavy atom. The Bertz CT molecular complexity index is 1110. The summed E-state index contributed by atoms with van der Waals surface area (Å²) in [5, 5.41) is 28.1. The molecule has 0 aliphatic carbocycles. The van der Waals surface area contributed by atoms with Crippen molar-refractivity contribution in [1.82, 2.24) is 30.8 Å². The summed E-state index contributed by atoms with van der Waals surface area (Å²) >= 11 is 0. The van der Waals surface area contributed by atoms with Crippen LogP contribution in [0.2, 0.25) is 0 Å². The molecule has 3 N–H and O–H groups in total. The number of tetrazole rings is 1. The van der Waals surface area contributed by atoms with Crippen molar-refractivity contribution in [2.75, 3.05) is 6.54 Å². The van der Waals surface area contributed by atoms with Crippen molar-refractivity contribution in [2.24, 2.45) is 5.41 Å². The molecule has 10 heteroatoms. The molecule has 0 bridgehead atoms. The molecule has 2 aromatic carbocycles. The number of hydrogen-bond donors (Lipinski definition) is 3. The van der Waals surface area contributed by atoms with Gasteiger partial charge in [0, 0.05) is 26.1 Å². The van der Waals surface area contributed by atoms with Crippen LogP contribution in [-0.4, -0.2) is 49.9 Å². The Hall–Kier alpha value is -3.24. The molecule has 0 radical (unpaired) electrons. The van der Waals surface area contributed by atoms with Gasteiger partial charge in [-0.1, -0.05) is 32.9 Å². The van der Waals surface area contributed by atoms with E-state index < -0.39 is 23.8 Å². The molecular weight excluding hydrogens is 454 g/mol. The van der Waals surface area contributed by atoms with Crippen LogP contribution in [0, 0.1) is 17.0 Å². The average molecular weight is 487 g/mol. The molecule has 35 heavy (non-hydrogen) atoms. The van der Waals surface area contributed by atoms with Gasteiger partial charge in [0.25, 0.3) is 0 Å². The quantitative estimate of drug-likeness (QED) is 0.407. The summed E-state index contributed by atoms with van der Waals surface area (Å²) < 4.78 is 28.8. The highest BCUT2D eigenvalue weighted by Gasteiger charge is 2.22. The van der Waals surface area contributed by atoms with E-state index in [9.17, 15) is 18.7 Å². The summed E-state index contributed by atoms with van der Waals surface area (Å²) in [5.74, 6) is -1.76. The maximum atomic E-state index is 13.6. The Morgan fingerprint density at radius 2 is 1.83 bits per heavy atom. The fourth-order valence-electron chi connectivity index (χ4n) is 4.02. The van der Waals surface area contributed by atoms with Gasteiger partial charge < -0.3 is 15.7 Å². The summed E-state index contributed by atoms with van der Waals surface area (Å²) in [5.41, 5.74) is 3.36. The third kappa shape index (κ3) is 8.18. The molecule has 0 saturated carbocycles. The number of aliphatic hydroxyl groups is 1. The Morgan fingerprint density at radius 1 is 1.11 bits per heavy atom. The Kier molecular flexibility index (Phi) is 8.63. The molecule has 8 nitrogen and oxygen atoms in total. The highest BCUT2D eigenvalue weighted by Crippen LogP contribution is 2.24. The first-order valence-electron chi connectivity index (χ1n) is 11.5.